The van der Waals surface area contributed by atoms with Gasteiger partial charge in [-0.3, -0.25) is 4.98 Å². The molecule has 0 unspecified atom stereocenters. The van der Waals surface area contributed by atoms with E-state index in [1.807, 2.05) is 0 Å². The van der Waals surface area contributed by atoms with Gasteiger partial charge in [0.15, 0.2) is 0 Å². The van der Waals surface area contributed by atoms with Crippen molar-refractivity contribution in [2.45, 2.75) is 6.18 Å². The van der Waals surface area contributed by atoms with E-state index in [-0.39, 0.29) is 5.56 Å². The van der Waals surface area contributed by atoms with Gasteiger partial charge >= 0.3 is 12.1 Å². The van der Waals surface area contributed by atoms with Gasteiger partial charge in [-0.2, -0.15) is 13.2 Å². The van der Waals surface area contributed by atoms with Crippen LogP contribution in [0.3, 0.4) is 0 Å². The quantitative estimate of drug-likeness (QED) is 0.476. The number of imidazole rings is 1. The number of fused-ring (bicyclic) bond motifs is 1. The fraction of sp³-hybridized carbons (Fsp3) is 0.0556. The average molecular weight is 400 g/mol. The van der Waals surface area contributed by atoms with Gasteiger partial charge < -0.3 is 15.4 Å². The van der Waals surface area contributed by atoms with Gasteiger partial charge in [-0.1, -0.05) is 0 Å². The Morgan fingerprint density at radius 1 is 1.03 bits per heavy atom. The molecule has 3 N–H and O–H groups in total. The standard InChI is InChI=1S/C18H11F3N6O2/c19-18(20,21)13-2-1-10(7-23-13)16-25-11-6-15(24-8-12(11)26-16)27-14-5-9(17(28)29)3-4-22-14/h1-8H,(H,25,26)(H,28,29)(H,22,24,27). The SMILES string of the molecule is O=C(O)c1ccnc(Nc2cc3nc(-c4ccc(C(F)(F)F)nc4)[nH]c3cn2)c1. The molecule has 0 fully saturated rings. The minimum absolute atomic E-state index is 0.0698. The molecule has 8 nitrogen and oxygen atoms in total. The van der Waals surface area contributed by atoms with Crippen molar-refractivity contribution in [1.29, 1.82) is 0 Å². The Morgan fingerprint density at radius 3 is 2.52 bits per heavy atom. The highest BCUT2D eigenvalue weighted by Crippen LogP contribution is 2.29. The summed E-state index contributed by atoms with van der Waals surface area (Å²) in [5.41, 5.74) is 0.547. The molecule has 0 aliphatic carbocycles. The summed E-state index contributed by atoms with van der Waals surface area (Å²) in [7, 11) is 0. The van der Waals surface area contributed by atoms with Crippen LogP contribution >= 0.6 is 0 Å². The molecule has 0 bridgehead atoms. The third-order valence-electron chi connectivity index (χ3n) is 3.96. The second-order valence-electron chi connectivity index (χ2n) is 5.96. The van der Waals surface area contributed by atoms with Crippen LogP contribution < -0.4 is 5.32 Å². The maximum absolute atomic E-state index is 12.6. The molecule has 0 aliphatic heterocycles. The van der Waals surface area contributed by atoms with E-state index >= 15 is 0 Å². The van der Waals surface area contributed by atoms with Crippen molar-refractivity contribution in [2.75, 3.05) is 5.32 Å². The Labute approximate surface area is 160 Å². The Hall–Kier alpha value is -4.02. The van der Waals surface area contributed by atoms with Crippen LogP contribution in [-0.4, -0.2) is 36.0 Å². The number of aromatic amines is 1. The molecule has 11 heteroatoms. The summed E-state index contributed by atoms with van der Waals surface area (Å²) in [6.45, 7) is 0. The lowest BCUT2D eigenvalue weighted by atomic mass is 10.2. The number of carboxylic acid groups (broad SMARTS) is 1. The smallest absolute Gasteiger partial charge is 0.433 e. The number of hydrogen-bond acceptors (Lipinski definition) is 6. The van der Waals surface area contributed by atoms with Crippen LogP contribution in [0.25, 0.3) is 22.4 Å². The van der Waals surface area contributed by atoms with E-state index in [9.17, 15) is 18.0 Å². The molecule has 4 rings (SSSR count). The first-order valence-corrected chi connectivity index (χ1v) is 8.15. The third-order valence-corrected chi connectivity index (χ3v) is 3.96. The average Bonchev–Trinajstić information content (AvgIpc) is 3.11. The summed E-state index contributed by atoms with van der Waals surface area (Å²) in [6.07, 6.45) is -0.571. The zero-order valence-electron chi connectivity index (χ0n) is 14.4. The molecule has 0 atom stereocenters. The molecular formula is C18H11F3N6O2. The molecule has 0 saturated heterocycles. The fourth-order valence-corrected chi connectivity index (χ4v) is 2.58. The molecule has 4 heterocycles. The fourth-order valence-electron chi connectivity index (χ4n) is 2.58. The number of aromatic nitrogens is 5. The predicted octanol–water partition coefficient (Wildman–Crippen LogP) is 3.88. The summed E-state index contributed by atoms with van der Waals surface area (Å²) in [5.74, 6) is -0.0808. The first-order chi connectivity index (χ1) is 13.8. The highest BCUT2D eigenvalue weighted by molar-refractivity contribution is 5.88. The normalized spacial score (nSPS) is 11.6. The van der Waals surface area contributed by atoms with E-state index in [1.54, 1.807) is 6.07 Å². The number of alkyl halides is 3. The first kappa shape index (κ1) is 18.3. The lowest BCUT2D eigenvalue weighted by Gasteiger charge is -2.05. The van der Waals surface area contributed by atoms with Gasteiger partial charge in [0.05, 0.1) is 22.8 Å². The molecule has 4 aromatic heterocycles. The monoisotopic (exact) mass is 400 g/mol. The molecule has 0 saturated carbocycles. The molecule has 0 amide bonds. The van der Waals surface area contributed by atoms with Crippen LogP contribution in [0.1, 0.15) is 16.1 Å². The summed E-state index contributed by atoms with van der Waals surface area (Å²) in [6, 6.07) is 6.48. The van der Waals surface area contributed by atoms with Gasteiger partial charge in [0.25, 0.3) is 0 Å². The van der Waals surface area contributed by atoms with Gasteiger partial charge in [0.1, 0.15) is 23.2 Å². The van der Waals surface area contributed by atoms with Gasteiger partial charge in [0.2, 0.25) is 0 Å². The first-order valence-electron chi connectivity index (χ1n) is 8.15. The highest BCUT2D eigenvalue weighted by atomic mass is 19.4. The van der Waals surface area contributed by atoms with Crippen LogP contribution in [-0.2, 0) is 6.18 Å². The van der Waals surface area contributed by atoms with Crippen molar-refractivity contribution in [2.24, 2.45) is 0 Å². The minimum Gasteiger partial charge on any atom is -0.478 e. The van der Waals surface area contributed by atoms with Gasteiger partial charge in [-0.25, -0.2) is 19.7 Å². The van der Waals surface area contributed by atoms with Crippen molar-refractivity contribution in [3.05, 3.63) is 60.2 Å². The third kappa shape index (κ3) is 3.83. The van der Waals surface area contributed by atoms with Gasteiger partial charge in [-0.05, 0) is 24.3 Å². The van der Waals surface area contributed by atoms with Crippen molar-refractivity contribution < 1.29 is 23.1 Å². The topological polar surface area (TPSA) is 117 Å². The summed E-state index contributed by atoms with van der Waals surface area (Å²) in [4.78, 5) is 30.0. The van der Waals surface area contributed by atoms with E-state index in [4.69, 9.17) is 5.11 Å². The largest absolute Gasteiger partial charge is 0.478 e. The molecule has 0 spiro atoms. The Kier molecular flexibility index (Phi) is 4.34. The number of carbonyl (C=O) groups is 1. The number of aromatic carboxylic acids is 1. The van der Waals surface area contributed by atoms with Gasteiger partial charge in [0, 0.05) is 24.0 Å². The van der Waals surface area contributed by atoms with Crippen LogP contribution in [0, 0.1) is 0 Å². The molecule has 146 valence electrons. The Balaban J connectivity index is 1.61. The van der Waals surface area contributed by atoms with Crippen LogP contribution in [0.15, 0.2) is 48.9 Å². The molecule has 4 aromatic rings. The lowest BCUT2D eigenvalue weighted by Crippen LogP contribution is -2.07. The maximum Gasteiger partial charge on any atom is 0.433 e. The van der Waals surface area contributed by atoms with Crippen molar-refractivity contribution >= 4 is 28.6 Å². The number of rotatable bonds is 4. The summed E-state index contributed by atoms with van der Waals surface area (Å²) >= 11 is 0. The van der Waals surface area contributed by atoms with E-state index in [0.29, 0.717) is 34.1 Å². The zero-order valence-corrected chi connectivity index (χ0v) is 14.4. The number of anilines is 2. The van der Waals surface area contributed by atoms with Crippen molar-refractivity contribution in [3.63, 3.8) is 0 Å². The molecule has 0 radical (unpaired) electrons. The Bertz CT molecular complexity index is 1200. The number of nitrogens with one attached hydrogen (secondary N) is 2. The Morgan fingerprint density at radius 2 is 1.83 bits per heavy atom. The lowest BCUT2D eigenvalue weighted by molar-refractivity contribution is -0.141. The van der Waals surface area contributed by atoms with Crippen molar-refractivity contribution in [1.82, 2.24) is 24.9 Å². The van der Waals surface area contributed by atoms with Crippen LogP contribution in [0.5, 0.6) is 0 Å². The van der Waals surface area contributed by atoms with Gasteiger partial charge in [-0.15, -0.1) is 0 Å². The van der Waals surface area contributed by atoms with Crippen LogP contribution in [0.4, 0.5) is 24.8 Å². The second-order valence-corrected chi connectivity index (χ2v) is 5.96. The number of nitrogens with zero attached hydrogens (tertiary/aromatic N) is 4. The molecule has 29 heavy (non-hydrogen) atoms. The van der Waals surface area contributed by atoms with E-state index in [1.165, 1.54) is 30.6 Å². The summed E-state index contributed by atoms with van der Waals surface area (Å²) < 4.78 is 37.9. The van der Waals surface area contributed by atoms with Crippen LogP contribution in [0.2, 0.25) is 0 Å². The number of halogens is 3. The zero-order chi connectivity index (χ0) is 20.6. The second kappa shape index (κ2) is 6.86. The molecule has 0 aromatic carbocycles. The van der Waals surface area contributed by atoms with E-state index in [2.05, 4.69) is 30.2 Å². The minimum atomic E-state index is -4.51. The maximum atomic E-state index is 12.6. The van der Waals surface area contributed by atoms with E-state index in [0.717, 1.165) is 12.3 Å². The predicted molar refractivity (Wildman–Crippen MR) is 96.6 cm³/mol. The number of hydrogen-bond donors (Lipinski definition) is 3. The van der Waals surface area contributed by atoms with Crippen molar-refractivity contribution in [3.8, 4) is 11.4 Å². The van der Waals surface area contributed by atoms with E-state index < -0.39 is 17.8 Å². The molecule has 0 aliphatic rings. The number of pyridine rings is 3. The highest BCUT2D eigenvalue weighted by Gasteiger charge is 2.32. The number of carboxylic acids is 1. The number of H-pyrrole nitrogens is 1. The molecular weight excluding hydrogens is 389 g/mol. The summed E-state index contributed by atoms with van der Waals surface area (Å²) in [5, 5.41) is 11.9.